The lowest BCUT2D eigenvalue weighted by Crippen LogP contribution is -2.58. The molecule has 0 saturated carbocycles. The quantitative estimate of drug-likeness (QED) is 0.0445. The summed E-state index contributed by atoms with van der Waals surface area (Å²) in [6.07, 6.45) is -2.32. The van der Waals surface area contributed by atoms with E-state index in [9.17, 15) is 14.7 Å². The number of nitrogens with zero attached hydrogens (tertiary/aromatic N) is 7. The number of sulfonamides is 2. The lowest BCUT2D eigenvalue weighted by Gasteiger charge is -2.39. The lowest BCUT2D eigenvalue weighted by molar-refractivity contribution is 0.0689. The van der Waals surface area contributed by atoms with E-state index in [0.717, 1.165) is 20.8 Å². The highest BCUT2D eigenvalue weighted by molar-refractivity contribution is 7.92. The van der Waals surface area contributed by atoms with Gasteiger partial charge < -0.3 is 40.1 Å². The van der Waals surface area contributed by atoms with Gasteiger partial charge in [-0.05, 0) is 102 Å². The summed E-state index contributed by atoms with van der Waals surface area (Å²) in [5.74, 6) is 1.42. The van der Waals surface area contributed by atoms with Crippen molar-refractivity contribution >= 4 is 49.2 Å². The number of para-hydroxylation sites is 1. The van der Waals surface area contributed by atoms with Crippen LogP contribution in [-0.2, 0) is 51.0 Å². The molecule has 24 heteroatoms. The van der Waals surface area contributed by atoms with Gasteiger partial charge in [0.05, 0.1) is 50.5 Å². The smallest absolute Gasteiger partial charge is 0.408 e. The minimum Gasteiger partial charge on any atom is -0.497 e. The molecule has 0 spiro atoms. The van der Waals surface area contributed by atoms with Crippen LogP contribution in [0.3, 0.4) is 0 Å². The second-order valence-corrected chi connectivity index (χ2v) is 22.5. The number of H-pyrrole nitrogens is 1. The number of carboxylic acid groups (broad SMARTS) is 1. The summed E-state index contributed by atoms with van der Waals surface area (Å²) in [5, 5.41) is 26.7. The number of carbonyl (C=O) groups is 2. The number of tetrazole rings is 1. The maximum absolute atomic E-state index is 16.4. The predicted molar refractivity (Wildman–Crippen MR) is 290 cm³/mol. The molecule has 6 N–H and O–H groups in total. The average molecular weight is 1100 g/mol. The van der Waals surface area contributed by atoms with Crippen molar-refractivity contribution in [2.24, 2.45) is 0 Å². The number of ether oxygens (including phenoxy) is 4. The van der Waals surface area contributed by atoms with E-state index in [1.165, 1.54) is 25.1 Å². The van der Waals surface area contributed by atoms with Crippen LogP contribution in [0.25, 0.3) is 33.5 Å². The number of hydrogen-bond donors (Lipinski definition) is 5. The van der Waals surface area contributed by atoms with Gasteiger partial charge in [0.15, 0.2) is 5.95 Å². The molecule has 78 heavy (non-hydrogen) atoms. The SMILES string of the molecule is COc1ccc(CN(Cc2ccc(OC)cc2)S(=O)(=O)c2c(S(=O)(=O)NC[C@H](CNC(=O)OCc3ccccc3)N(C(=O)O)C(C)(C)C)ccc(-c3cccc4[nH]c(N)nc34)c2-c2nnn(Cc3ccc(OC)cc3)n2)cc1. The third-order valence-corrected chi connectivity index (χ3v) is 16.0. The van der Waals surface area contributed by atoms with E-state index in [0.29, 0.717) is 50.5 Å². The summed E-state index contributed by atoms with van der Waals surface area (Å²) in [4.78, 5) is 34.4. The Morgan fingerprint density at radius 1 is 0.731 bits per heavy atom. The number of nitrogens with one attached hydrogen (secondary N) is 3. The van der Waals surface area contributed by atoms with E-state index in [-0.39, 0.29) is 49.1 Å². The highest BCUT2D eigenvalue weighted by Crippen LogP contribution is 2.43. The number of carbonyl (C=O) groups excluding carboxylic acids is 1. The fraction of sp³-hybridized carbons (Fsp3) is 0.259. The topological polar surface area (TPSA) is 288 Å². The molecule has 0 aliphatic heterocycles. The largest absolute Gasteiger partial charge is 0.497 e. The number of nitrogen functional groups attached to an aromatic ring is 1. The van der Waals surface area contributed by atoms with Crippen LogP contribution >= 0.6 is 0 Å². The van der Waals surface area contributed by atoms with E-state index >= 15 is 16.8 Å². The second-order valence-electron chi connectivity index (χ2n) is 18.9. The molecule has 0 aliphatic rings. The summed E-state index contributed by atoms with van der Waals surface area (Å²) in [6, 6.07) is 35.8. The molecule has 1 atom stereocenters. The molecule has 2 aromatic heterocycles. The maximum Gasteiger partial charge on any atom is 0.408 e. The zero-order valence-electron chi connectivity index (χ0n) is 43.6. The highest BCUT2D eigenvalue weighted by atomic mass is 32.2. The Morgan fingerprint density at radius 2 is 1.32 bits per heavy atom. The maximum atomic E-state index is 16.4. The first-order chi connectivity index (χ1) is 37.3. The normalized spacial score (nSPS) is 12.3. The van der Waals surface area contributed by atoms with Crippen LogP contribution < -0.4 is 30.0 Å². The van der Waals surface area contributed by atoms with Crippen LogP contribution in [0.5, 0.6) is 17.2 Å². The molecule has 2 amide bonds. The Labute approximate surface area is 451 Å². The number of fused-ring (bicyclic) bond motifs is 1. The molecule has 0 radical (unpaired) electrons. The molecule has 408 valence electrons. The lowest BCUT2D eigenvalue weighted by atomic mass is 9.98. The van der Waals surface area contributed by atoms with Crippen molar-refractivity contribution in [1.82, 2.24) is 49.4 Å². The van der Waals surface area contributed by atoms with Crippen molar-refractivity contribution in [3.63, 3.8) is 0 Å². The fourth-order valence-corrected chi connectivity index (χ4v) is 12.3. The van der Waals surface area contributed by atoms with Crippen LogP contribution in [0.1, 0.15) is 43.0 Å². The van der Waals surface area contributed by atoms with E-state index in [1.807, 2.05) is 6.07 Å². The Morgan fingerprint density at radius 3 is 1.88 bits per heavy atom. The van der Waals surface area contributed by atoms with Crippen molar-refractivity contribution in [3.05, 3.63) is 156 Å². The van der Waals surface area contributed by atoms with Gasteiger partial charge in [-0.25, -0.2) is 36.1 Å². The number of aromatic amines is 1. The fourth-order valence-electron chi connectivity index (χ4n) is 8.78. The number of alkyl carbamates (subject to hydrolysis) is 1. The van der Waals surface area contributed by atoms with Crippen LogP contribution in [0.4, 0.5) is 15.5 Å². The number of amides is 2. The minimum absolute atomic E-state index is 0.0584. The van der Waals surface area contributed by atoms with E-state index in [1.54, 1.807) is 143 Å². The summed E-state index contributed by atoms with van der Waals surface area (Å²) in [6.45, 7) is 3.12. The zero-order chi connectivity index (χ0) is 55.8. The monoisotopic (exact) mass is 1100 g/mol. The Balaban J connectivity index is 1.32. The first-order valence-corrected chi connectivity index (χ1v) is 27.3. The van der Waals surface area contributed by atoms with Gasteiger partial charge in [-0.1, -0.05) is 84.9 Å². The first kappa shape index (κ1) is 55.6. The Hall–Kier alpha value is -8.58. The number of rotatable bonds is 22. The van der Waals surface area contributed by atoms with Gasteiger partial charge in [-0.3, -0.25) is 4.90 Å². The van der Waals surface area contributed by atoms with Gasteiger partial charge in [-0.15, -0.1) is 10.2 Å². The van der Waals surface area contributed by atoms with Gasteiger partial charge >= 0.3 is 12.2 Å². The molecular formula is C54H59N11O11S2. The number of benzene rings is 6. The van der Waals surface area contributed by atoms with Crippen molar-refractivity contribution in [2.45, 2.75) is 68.4 Å². The second kappa shape index (κ2) is 23.8. The van der Waals surface area contributed by atoms with Crippen LogP contribution in [-0.4, -0.2) is 120 Å². The summed E-state index contributed by atoms with van der Waals surface area (Å²) in [7, 11) is -5.63. The third-order valence-electron chi connectivity index (χ3n) is 12.5. The van der Waals surface area contributed by atoms with Crippen molar-refractivity contribution in [3.8, 4) is 39.8 Å². The van der Waals surface area contributed by atoms with E-state index in [2.05, 4.69) is 30.3 Å². The molecule has 0 aliphatic carbocycles. The summed E-state index contributed by atoms with van der Waals surface area (Å²) >= 11 is 0. The summed E-state index contributed by atoms with van der Waals surface area (Å²) < 4.78 is 88.9. The molecule has 0 fully saturated rings. The third kappa shape index (κ3) is 13.0. The van der Waals surface area contributed by atoms with Crippen molar-refractivity contribution < 1.29 is 50.5 Å². The molecule has 8 aromatic rings. The van der Waals surface area contributed by atoms with Gasteiger partial charge in [0.2, 0.25) is 25.9 Å². The van der Waals surface area contributed by atoms with Gasteiger partial charge in [0, 0.05) is 37.3 Å². The molecule has 0 saturated heterocycles. The van der Waals surface area contributed by atoms with Crippen molar-refractivity contribution in [1.29, 1.82) is 0 Å². The van der Waals surface area contributed by atoms with Crippen molar-refractivity contribution in [2.75, 3.05) is 40.2 Å². The predicted octanol–water partition coefficient (Wildman–Crippen LogP) is 7.28. The van der Waals surface area contributed by atoms with Gasteiger partial charge in [0.1, 0.15) is 33.6 Å². The van der Waals surface area contributed by atoms with Gasteiger partial charge in [-0.2, -0.15) is 9.10 Å². The van der Waals surface area contributed by atoms with E-state index < -0.39 is 66.7 Å². The summed E-state index contributed by atoms with van der Waals surface area (Å²) in [5.41, 5.74) is 8.53. The Bertz CT molecular complexity index is 3560. The average Bonchev–Trinajstić information content (AvgIpc) is 4.22. The Kier molecular flexibility index (Phi) is 16.9. The highest BCUT2D eigenvalue weighted by Gasteiger charge is 2.40. The molecule has 0 bridgehead atoms. The van der Waals surface area contributed by atoms with Crippen LogP contribution in [0.2, 0.25) is 0 Å². The van der Waals surface area contributed by atoms with E-state index in [4.69, 9.17) is 29.8 Å². The van der Waals surface area contributed by atoms with Gasteiger partial charge in [0.25, 0.3) is 0 Å². The standard InChI is InChI=1S/C54H59N11O11S2/c1-54(2,3)65(53(67)68)39(29-56-52(66)76-34-38-11-8-7-9-12-38)30-57-77(69,70)46-28-27-43(44-13-10-14-45-48(44)59-51(55)58-45)47(50-60-62-64(61-50)33-37-19-25-42(75-6)26-20-37)49(46)78(71,72)63(31-35-15-21-40(73-4)22-16-35)32-36-17-23-41(74-5)24-18-36/h7-28,39,57H,29-34H2,1-6H3,(H,56,66)(H,67,68)(H3,55,58,59)/t39-/m0/s1. The molecular weight excluding hydrogens is 1040 g/mol. The molecule has 22 nitrogen and oxygen atoms in total. The van der Waals surface area contributed by atoms with Crippen LogP contribution in [0, 0.1) is 0 Å². The number of imidazole rings is 1. The zero-order valence-corrected chi connectivity index (χ0v) is 45.2. The molecule has 8 rings (SSSR count). The number of methoxy groups -OCH3 is 3. The number of hydrogen-bond acceptors (Lipinski definition) is 15. The minimum atomic E-state index is -5.11. The number of anilines is 1. The first-order valence-electron chi connectivity index (χ1n) is 24.3. The number of aromatic nitrogens is 6. The number of nitrogens with two attached hydrogens (primary N) is 1. The molecule has 6 aromatic carbocycles. The molecule has 0 unspecified atom stereocenters. The molecule has 2 heterocycles. The van der Waals surface area contributed by atoms with Crippen LogP contribution in [0.15, 0.2) is 143 Å².